The lowest BCUT2D eigenvalue weighted by Crippen LogP contribution is -2.36. The maximum Gasteiger partial charge on any atom is 0.292 e. The third-order valence-corrected chi connectivity index (χ3v) is 5.71. The van der Waals surface area contributed by atoms with Crippen LogP contribution in [-0.2, 0) is 0 Å². The van der Waals surface area contributed by atoms with E-state index in [1.165, 1.54) is 31.5 Å². The van der Waals surface area contributed by atoms with Crippen molar-refractivity contribution < 1.29 is 8.78 Å². The van der Waals surface area contributed by atoms with Crippen LogP contribution in [0.5, 0.6) is 0 Å². The van der Waals surface area contributed by atoms with Crippen molar-refractivity contribution >= 4 is 17.3 Å². The quantitative estimate of drug-likeness (QED) is 0.809. The molecule has 2 fully saturated rings. The molecule has 4 rings (SSSR count). The Hall–Kier alpha value is -1.95. The zero-order valence-electron chi connectivity index (χ0n) is 13.6. The molecule has 25 heavy (non-hydrogen) atoms. The number of nitrogens with zero attached hydrogens (tertiary/aromatic N) is 3. The van der Waals surface area contributed by atoms with Gasteiger partial charge in [-0.1, -0.05) is 24.4 Å². The van der Waals surface area contributed by atoms with Gasteiger partial charge in [-0.15, -0.1) is 0 Å². The summed E-state index contributed by atoms with van der Waals surface area (Å²) in [5.41, 5.74) is -0.0967. The van der Waals surface area contributed by atoms with Gasteiger partial charge >= 0.3 is 0 Å². The van der Waals surface area contributed by atoms with Crippen LogP contribution in [0.25, 0.3) is 5.69 Å². The molecule has 2 aliphatic rings. The molecule has 0 N–H and O–H groups in total. The Morgan fingerprint density at radius 2 is 1.92 bits per heavy atom. The van der Waals surface area contributed by atoms with E-state index in [1.54, 1.807) is 0 Å². The zero-order chi connectivity index (χ0) is 17.6. The SMILES string of the molecule is O=c1c(Cl)c(N2CCC3CCCCC32)cnn1-c1ccc(F)cc1F. The Bertz CT molecular complexity index is 870. The number of anilines is 1. The fourth-order valence-corrected chi connectivity index (χ4v) is 4.39. The summed E-state index contributed by atoms with van der Waals surface area (Å²) in [6.45, 7) is 0.852. The van der Waals surface area contributed by atoms with Gasteiger partial charge in [-0.25, -0.2) is 8.78 Å². The third-order valence-electron chi connectivity index (χ3n) is 5.36. The van der Waals surface area contributed by atoms with Gasteiger partial charge in [0.15, 0.2) is 5.82 Å². The van der Waals surface area contributed by atoms with E-state index in [1.807, 2.05) is 0 Å². The first-order chi connectivity index (χ1) is 12.1. The fraction of sp³-hybridized carbons (Fsp3) is 0.444. The lowest BCUT2D eigenvalue weighted by molar-refractivity contribution is 0.342. The number of fused-ring (bicyclic) bond motifs is 1. The maximum atomic E-state index is 14.0. The molecule has 7 heteroatoms. The molecule has 2 aromatic rings. The predicted octanol–water partition coefficient (Wildman–Crippen LogP) is 3.93. The van der Waals surface area contributed by atoms with Crippen LogP contribution >= 0.6 is 11.6 Å². The molecule has 1 saturated carbocycles. The fourth-order valence-electron chi connectivity index (χ4n) is 4.15. The Morgan fingerprint density at radius 1 is 1.12 bits per heavy atom. The predicted molar refractivity (Wildman–Crippen MR) is 92.5 cm³/mol. The minimum atomic E-state index is -0.855. The lowest BCUT2D eigenvalue weighted by atomic mass is 9.85. The van der Waals surface area contributed by atoms with Crippen LogP contribution in [0.2, 0.25) is 5.02 Å². The van der Waals surface area contributed by atoms with Crippen molar-refractivity contribution in [2.75, 3.05) is 11.4 Å². The Labute approximate surface area is 149 Å². The van der Waals surface area contributed by atoms with Gasteiger partial charge < -0.3 is 4.90 Å². The first-order valence-electron chi connectivity index (χ1n) is 8.56. The molecule has 1 saturated heterocycles. The summed E-state index contributed by atoms with van der Waals surface area (Å²) < 4.78 is 28.0. The average Bonchev–Trinajstić information content (AvgIpc) is 3.02. The van der Waals surface area contributed by atoms with Crippen LogP contribution in [0, 0.1) is 17.6 Å². The van der Waals surface area contributed by atoms with Gasteiger partial charge in [-0.05, 0) is 37.3 Å². The van der Waals surface area contributed by atoms with E-state index in [9.17, 15) is 13.6 Å². The van der Waals surface area contributed by atoms with E-state index in [-0.39, 0.29) is 10.7 Å². The van der Waals surface area contributed by atoms with Gasteiger partial charge in [-0.3, -0.25) is 4.79 Å². The second kappa shape index (κ2) is 6.41. The van der Waals surface area contributed by atoms with Crippen LogP contribution in [0.15, 0.2) is 29.2 Å². The van der Waals surface area contributed by atoms with E-state index < -0.39 is 17.2 Å². The number of hydrogen-bond donors (Lipinski definition) is 0. The molecule has 0 amide bonds. The molecule has 4 nitrogen and oxygen atoms in total. The van der Waals surface area contributed by atoms with Crippen molar-refractivity contribution in [3.05, 3.63) is 51.4 Å². The Balaban J connectivity index is 1.73. The second-order valence-electron chi connectivity index (χ2n) is 6.75. The molecule has 0 bridgehead atoms. The van der Waals surface area contributed by atoms with Gasteiger partial charge in [0, 0.05) is 18.7 Å². The average molecular weight is 366 g/mol. The highest BCUT2D eigenvalue weighted by atomic mass is 35.5. The standard InChI is InChI=1S/C18H18ClF2N3O/c19-17-16(23-8-7-11-3-1-2-4-14(11)23)10-22-24(18(17)25)15-6-5-12(20)9-13(15)21/h5-6,9-11,14H,1-4,7-8H2. The normalized spacial score (nSPS) is 22.9. The van der Waals surface area contributed by atoms with Crippen molar-refractivity contribution in [3.8, 4) is 5.69 Å². The molecular formula is C18H18ClF2N3O. The summed E-state index contributed by atoms with van der Waals surface area (Å²) in [6.07, 6.45) is 7.36. The first kappa shape index (κ1) is 16.5. The van der Waals surface area contributed by atoms with Crippen molar-refractivity contribution in [1.29, 1.82) is 0 Å². The summed E-state index contributed by atoms with van der Waals surface area (Å²) in [5.74, 6) is -0.925. The van der Waals surface area contributed by atoms with Crippen LogP contribution in [0.4, 0.5) is 14.5 Å². The number of hydrogen-bond acceptors (Lipinski definition) is 3. The van der Waals surface area contributed by atoms with E-state index in [0.717, 1.165) is 36.2 Å². The molecule has 1 aliphatic heterocycles. The largest absolute Gasteiger partial charge is 0.366 e. The van der Waals surface area contributed by atoms with Crippen molar-refractivity contribution in [1.82, 2.24) is 9.78 Å². The zero-order valence-corrected chi connectivity index (χ0v) is 14.3. The lowest BCUT2D eigenvalue weighted by Gasteiger charge is -2.33. The minimum absolute atomic E-state index is 0.0324. The highest BCUT2D eigenvalue weighted by Gasteiger charge is 2.37. The van der Waals surface area contributed by atoms with E-state index in [4.69, 9.17) is 11.6 Å². The summed E-state index contributed by atoms with van der Waals surface area (Å²) >= 11 is 6.33. The topological polar surface area (TPSA) is 38.1 Å². The number of aromatic nitrogens is 2. The van der Waals surface area contributed by atoms with E-state index >= 15 is 0 Å². The number of benzene rings is 1. The molecule has 1 aromatic carbocycles. The summed E-state index contributed by atoms with van der Waals surface area (Å²) in [7, 11) is 0. The molecular weight excluding hydrogens is 348 g/mol. The number of halogens is 3. The summed E-state index contributed by atoms with van der Waals surface area (Å²) in [4.78, 5) is 14.8. The van der Waals surface area contributed by atoms with Crippen LogP contribution in [0.3, 0.4) is 0 Å². The third kappa shape index (κ3) is 2.82. The maximum absolute atomic E-state index is 14.0. The first-order valence-corrected chi connectivity index (χ1v) is 8.94. The van der Waals surface area contributed by atoms with Gasteiger partial charge in [0.25, 0.3) is 5.56 Å². The van der Waals surface area contributed by atoms with Crippen LogP contribution in [0.1, 0.15) is 32.1 Å². The smallest absolute Gasteiger partial charge is 0.292 e. The number of rotatable bonds is 2. The van der Waals surface area contributed by atoms with Crippen molar-refractivity contribution in [3.63, 3.8) is 0 Å². The van der Waals surface area contributed by atoms with Crippen LogP contribution < -0.4 is 10.5 Å². The van der Waals surface area contributed by atoms with Crippen molar-refractivity contribution in [2.45, 2.75) is 38.1 Å². The highest BCUT2D eigenvalue weighted by molar-refractivity contribution is 6.33. The highest BCUT2D eigenvalue weighted by Crippen LogP contribution is 2.40. The van der Waals surface area contributed by atoms with Gasteiger partial charge in [-0.2, -0.15) is 9.78 Å². The molecule has 1 aliphatic carbocycles. The molecule has 2 heterocycles. The molecule has 132 valence electrons. The monoisotopic (exact) mass is 365 g/mol. The van der Waals surface area contributed by atoms with Crippen molar-refractivity contribution in [2.24, 2.45) is 5.92 Å². The molecule has 0 radical (unpaired) electrons. The molecule has 0 spiro atoms. The van der Waals surface area contributed by atoms with Gasteiger partial charge in [0.2, 0.25) is 0 Å². The Kier molecular flexibility index (Phi) is 4.23. The van der Waals surface area contributed by atoms with E-state index in [2.05, 4.69) is 10.00 Å². The van der Waals surface area contributed by atoms with Crippen LogP contribution in [-0.4, -0.2) is 22.4 Å². The Morgan fingerprint density at radius 3 is 2.72 bits per heavy atom. The second-order valence-corrected chi connectivity index (χ2v) is 7.13. The molecule has 1 aromatic heterocycles. The summed E-state index contributed by atoms with van der Waals surface area (Å²) in [5, 5.41) is 4.13. The molecule has 2 unspecified atom stereocenters. The minimum Gasteiger partial charge on any atom is -0.366 e. The van der Waals surface area contributed by atoms with Gasteiger partial charge in [0.1, 0.15) is 16.5 Å². The van der Waals surface area contributed by atoms with Gasteiger partial charge in [0.05, 0.1) is 11.9 Å². The summed E-state index contributed by atoms with van der Waals surface area (Å²) in [6, 6.07) is 3.38. The van der Waals surface area contributed by atoms with E-state index in [0.29, 0.717) is 17.6 Å². The molecule has 2 atom stereocenters.